The Bertz CT molecular complexity index is 381. The molecule has 1 saturated heterocycles. The Labute approximate surface area is 94.7 Å². The molecular weight excluding hydrogens is 204 g/mol. The zero-order valence-electron chi connectivity index (χ0n) is 9.26. The summed E-state index contributed by atoms with van der Waals surface area (Å²) >= 11 is 0. The number of amides is 1. The average Bonchev–Trinajstić information content (AvgIpc) is 2.25. The van der Waals surface area contributed by atoms with Gasteiger partial charge in [0.1, 0.15) is 6.04 Å². The Morgan fingerprint density at radius 2 is 2.00 bits per heavy atom. The quantitative estimate of drug-likeness (QED) is 0.752. The fourth-order valence-electron chi connectivity index (χ4n) is 1.93. The molecule has 1 amide bonds. The lowest BCUT2D eigenvalue weighted by atomic mass is 9.95. The van der Waals surface area contributed by atoms with E-state index in [0.29, 0.717) is 13.1 Å². The van der Waals surface area contributed by atoms with Gasteiger partial charge < -0.3 is 15.7 Å². The van der Waals surface area contributed by atoms with Gasteiger partial charge in [-0.25, -0.2) is 0 Å². The van der Waals surface area contributed by atoms with Crippen LogP contribution in [0.4, 0.5) is 0 Å². The van der Waals surface area contributed by atoms with Crippen LogP contribution in [-0.4, -0.2) is 34.6 Å². The van der Waals surface area contributed by atoms with Crippen LogP contribution in [0.3, 0.4) is 0 Å². The van der Waals surface area contributed by atoms with Gasteiger partial charge in [-0.05, 0) is 12.5 Å². The highest BCUT2D eigenvalue weighted by Crippen LogP contribution is 2.23. The molecule has 0 spiro atoms. The van der Waals surface area contributed by atoms with Crippen LogP contribution in [0.1, 0.15) is 18.5 Å². The Morgan fingerprint density at radius 1 is 1.44 bits per heavy atom. The average molecular weight is 220 g/mol. The largest absolute Gasteiger partial charge is 0.386 e. The standard InChI is InChI=1S/C12H16N2O2/c1-12(16)7-14(8-12)11(15)10(13)9-5-3-2-4-6-9/h2-6,10,16H,7-8,13H2,1H3/t10-/m1/s1. The molecule has 0 bridgehead atoms. The molecule has 16 heavy (non-hydrogen) atoms. The van der Waals surface area contributed by atoms with Crippen LogP contribution < -0.4 is 5.73 Å². The Balaban J connectivity index is 2.01. The number of aliphatic hydroxyl groups is 1. The summed E-state index contributed by atoms with van der Waals surface area (Å²) in [5.74, 6) is -0.127. The van der Waals surface area contributed by atoms with E-state index < -0.39 is 11.6 Å². The lowest BCUT2D eigenvalue weighted by Gasteiger charge is -2.45. The molecule has 2 rings (SSSR count). The molecule has 0 unspecified atom stereocenters. The van der Waals surface area contributed by atoms with Gasteiger partial charge in [-0.1, -0.05) is 30.3 Å². The Morgan fingerprint density at radius 3 is 2.50 bits per heavy atom. The maximum absolute atomic E-state index is 11.9. The van der Waals surface area contributed by atoms with E-state index in [-0.39, 0.29) is 5.91 Å². The molecule has 1 aliphatic heterocycles. The number of carbonyl (C=O) groups is 1. The number of hydrogen-bond acceptors (Lipinski definition) is 3. The summed E-state index contributed by atoms with van der Waals surface area (Å²) in [6, 6.07) is 8.64. The second-order valence-corrected chi connectivity index (χ2v) is 4.58. The van der Waals surface area contributed by atoms with Crippen molar-refractivity contribution in [3.63, 3.8) is 0 Å². The van der Waals surface area contributed by atoms with Crippen molar-refractivity contribution in [2.75, 3.05) is 13.1 Å². The van der Waals surface area contributed by atoms with Crippen molar-refractivity contribution in [1.82, 2.24) is 4.90 Å². The molecule has 1 aromatic carbocycles. The number of hydrogen-bond donors (Lipinski definition) is 2. The Kier molecular flexibility index (Phi) is 2.69. The van der Waals surface area contributed by atoms with E-state index in [1.54, 1.807) is 11.8 Å². The Hall–Kier alpha value is -1.39. The summed E-state index contributed by atoms with van der Waals surface area (Å²) in [6.45, 7) is 2.45. The SMILES string of the molecule is CC1(O)CN(C(=O)[C@H](N)c2ccccc2)C1. The number of benzene rings is 1. The summed E-state index contributed by atoms with van der Waals surface area (Å²) in [7, 11) is 0. The second kappa shape index (κ2) is 3.88. The van der Waals surface area contributed by atoms with Crippen molar-refractivity contribution >= 4 is 5.91 Å². The zero-order chi connectivity index (χ0) is 11.8. The van der Waals surface area contributed by atoms with Gasteiger partial charge in [0.2, 0.25) is 5.91 Å². The van der Waals surface area contributed by atoms with Crippen LogP contribution in [0.25, 0.3) is 0 Å². The van der Waals surface area contributed by atoms with Gasteiger partial charge in [0, 0.05) is 0 Å². The number of β-amino-alcohol motifs (C(OH)–C–C–N with tert-alkyl or cyclic N) is 1. The predicted molar refractivity (Wildman–Crippen MR) is 60.6 cm³/mol. The summed E-state index contributed by atoms with van der Waals surface area (Å²) in [6.07, 6.45) is 0. The third-order valence-electron chi connectivity index (χ3n) is 2.80. The van der Waals surface area contributed by atoms with Crippen LogP contribution in [0.15, 0.2) is 30.3 Å². The van der Waals surface area contributed by atoms with E-state index in [9.17, 15) is 9.90 Å². The van der Waals surface area contributed by atoms with E-state index >= 15 is 0 Å². The number of nitrogens with zero attached hydrogens (tertiary/aromatic N) is 1. The first-order chi connectivity index (χ1) is 7.49. The molecule has 1 aliphatic rings. The molecule has 0 aliphatic carbocycles. The van der Waals surface area contributed by atoms with Gasteiger partial charge in [0.05, 0.1) is 18.7 Å². The van der Waals surface area contributed by atoms with Crippen molar-refractivity contribution in [3.8, 4) is 0 Å². The normalized spacial score (nSPS) is 20.1. The summed E-state index contributed by atoms with van der Waals surface area (Å²) in [4.78, 5) is 13.5. The summed E-state index contributed by atoms with van der Waals surface area (Å²) < 4.78 is 0. The van der Waals surface area contributed by atoms with Crippen LogP contribution in [0.5, 0.6) is 0 Å². The first-order valence-corrected chi connectivity index (χ1v) is 5.31. The monoisotopic (exact) mass is 220 g/mol. The fourth-order valence-corrected chi connectivity index (χ4v) is 1.93. The van der Waals surface area contributed by atoms with E-state index in [4.69, 9.17) is 5.73 Å². The first kappa shape index (κ1) is 11.1. The second-order valence-electron chi connectivity index (χ2n) is 4.58. The molecule has 1 atom stereocenters. The van der Waals surface area contributed by atoms with Crippen LogP contribution >= 0.6 is 0 Å². The third kappa shape index (κ3) is 2.08. The molecule has 1 heterocycles. The molecular formula is C12H16N2O2. The number of nitrogens with two attached hydrogens (primary N) is 1. The number of rotatable bonds is 2. The molecule has 0 radical (unpaired) electrons. The smallest absolute Gasteiger partial charge is 0.244 e. The molecule has 0 saturated carbocycles. The third-order valence-corrected chi connectivity index (χ3v) is 2.80. The molecule has 4 heteroatoms. The molecule has 0 aromatic heterocycles. The van der Waals surface area contributed by atoms with Crippen LogP contribution in [-0.2, 0) is 4.79 Å². The maximum Gasteiger partial charge on any atom is 0.244 e. The highest BCUT2D eigenvalue weighted by molar-refractivity contribution is 5.84. The fraction of sp³-hybridized carbons (Fsp3) is 0.417. The highest BCUT2D eigenvalue weighted by atomic mass is 16.3. The molecule has 3 N–H and O–H groups in total. The maximum atomic E-state index is 11.9. The zero-order valence-corrected chi connectivity index (χ0v) is 9.26. The number of carbonyl (C=O) groups excluding carboxylic acids is 1. The number of likely N-dealkylation sites (tertiary alicyclic amines) is 1. The van der Waals surface area contributed by atoms with Crippen molar-refractivity contribution < 1.29 is 9.90 Å². The topological polar surface area (TPSA) is 66.6 Å². The van der Waals surface area contributed by atoms with Gasteiger partial charge in [0.25, 0.3) is 0 Å². The molecule has 1 fully saturated rings. The molecule has 4 nitrogen and oxygen atoms in total. The van der Waals surface area contributed by atoms with E-state index in [1.165, 1.54) is 0 Å². The van der Waals surface area contributed by atoms with E-state index in [0.717, 1.165) is 5.56 Å². The lowest BCUT2D eigenvalue weighted by Crippen LogP contribution is -2.63. The molecule has 1 aromatic rings. The van der Waals surface area contributed by atoms with Gasteiger partial charge in [-0.3, -0.25) is 4.79 Å². The van der Waals surface area contributed by atoms with Crippen molar-refractivity contribution in [1.29, 1.82) is 0 Å². The summed E-state index contributed by atoms with van der Waals surface area (Å²) in [5, 5.41) is 9.55. The minimum absolute atomic E-state index is 0.127. The van der Waals surface area contributed by atoms with Gasteiger partial charge in [-0.2, -0.15) is 0 Å². The van der Waals surface area contributed by atoms with E-state index in [1.807, 2.05) is 30.3 Å². The summed E-state index contributed by atoms with van der Waals surface area (Å²) in [5.41, 5.74) is 5.93. The van der Waals surface area contributed by atoms with Gasteiger partial charge in [0.15, 0.2) is 0 Å². The minimum atomic E-state index is -0.744. The van der Waals surface area contributed by atoms with Crippen molar-refractivity contribution in [2.45, 2.75) is 18.6 Å². The van der Waals surface area contributed by atoms with Crippen molar-refractivity contribution in [2.24, 2.45) is 5.73 Å². The van der Waals surface area contributed by atoms with E-state index in [2.05, 4.69) is 0 Å². The van der Waals surface area contributed by atoms with Gasteiger partial charge in [-0.15, -0.1) is 0 Å². The highest BCUT2D eigenvalue weighted by Gasteiger charge is 2.40. The van der Waals surface area contributed by atoms with Crippen LogP contribution in [0, 0.1) is 0 Å². The molecule has 86 valence electrons. The van der Waals surface area contributed by atoms with Crippen LogP contribution in [0.2, 0.25) is 0 Å². The minimum Gasteiger partial charge on any atom is -0.386 e. The van der Waals surface area contributed by atoms with Crippen molar-refractivity contribution in [3.05, 3.63) is 35.9 Å². The van der Waals surface area contributed by atoms with Gasteiger partial charge >= 0.3 is 0 Å². The first-order valence-electron chi connectivity index (χ1n) is 5.31. The predicted octanol–water partition coefficient (Wildman–Crippen LogP) is 0.280. The lowest BCUT2D eigenvalue weighted by molar-refractivity contribution is -0.153.